The van der Waals surface area contributed by atoms with E-state index in [4.69, 9.17) is 4.74 Å². The van der Waals surface area contributed by atoms with Crippen molar-refractivity contribution >= 4 is 17.3 Å². The SMILES string of the molecule is Cc1sc(-c2ccccc2)c2c1COC2=O. The van der Waals surface area contributed by atoms with E-state index in [0.29, 0.717) is 6.61 Å². The molecule has 0 atom stereocenters. The van der Waals surface area contributed by atoms with Crippen molar-refractivity contribution in [3.8, 4) is 10.4 Å². The molecule has 3 rings (SSSR count). The predicted octanol–water partition coefficient (Wildman–Crippen LogP) is 3.39. The lowest BCUT2D eigenvalue weighted by molar-refractivity contribution is 0.0535. The van der Waals surface area contributed by atoms with Crippen molar-refractivity contribution in [3.05, 3.63) is 46.3 Å². The predicted molar refractivity (Wildman–Crippen MR) is 63.6 cm³/mol. The first-order valence-corrected chi connectivity index (χ1v) is 5.94. The van der Waals surface area contributed by atoms with E-state index < -0.39 is 0 Å². The number of ether oxygens (including phenoxy) is 1. The highest BCUT2D eigenvalue weighted by molar-refractivity contribution is 7.16. The van der Waals surface area contributed by atoms with Crippen LogP contribution in [0.1, 0.15) is 20.8 Å². The van der Waals surface area contributed by atoms with Gasteiger partial charge in [0.1, 0.15) is 6.61 Å². The first kappa shape index (κ1) is 9.60. The summed E-state index contributed by atoms with van der Waals surface area (Å²) in [6.45, 7) is 2.47. The smallest absolute Gasteiger partial charge is 0.340 e. The number of hydrogen-bond acceptors (Lipinski definition) is 3. The summed E-state index contributed by atoms with van der Waals surface area (Å²) in [5.41, 5.74) is 2.93. The molecule has 2 aromatic rings. The Balaban J connectivity index is 2.24. The number of carbonyl (C=O) groups is 1. The van der Waals surface area contributed by atoms with E-state index in [9.17, 15) is 4.79 Å². The summed E-state index contributed by atoms with van der Waals surface area (Å²) >= 11 is 1.67. The number of benzene rings is 1. The van der Waals surface area contributed by atoms with Crippen LogP contribution in [0.2, 0.25) is 0 Å². The van der Waals surface area contributed by atoms with Crippen LogP contribution >= 0.6 is 11.3 Å². The molecule has 0 unspecified atom stereocenters. The van der Waals surface area contributed by atoms with Gasteiger partial charge in [-0.15, -0.1) is 11.3 Å². The molecule has 0 fully saturated rings. The Morgan fingerprint density at radius 3 is 2.75 bits per heavy atom. The van der Waals surface area contributed by atoms with Crippen LogP contribution in [0.3, 0.4) is 0 Å². The van der Waals surface area contributed by atoms with E-state index in [0.717, 1.165) is 21.6 Å². The Bertz CT molecular complexity index is 555. The van der Waals surface area contributed by atoms with Crippen LogP contribution in [0.4, 0.5) is 0 Å². The van der Waals surface area contributed by atoms with Gasteiger partial charge in [-0.2, -0.15) is 0 Å². The number of rotatable bonds is 1. The minimum atomic E-state index is -0.182. The third-order valence-corrected chi connectivity index (χ3v) is 3.99. The average Bonchev–Trinajstić information content (AvgIpc) is 2.83. The fraction of sp³-hybridized carbons (Fsp3) is 0.154. The van der Waals surface area contributed by atoms with Crippen LogP contribution in [0.15, 0.2) is 30.3 Å². The van der Waals surface area contributed by atoms with Crippen LogP contribution in [-0.2, 0) is 11.3 Å². The maximum absolute atomic E-state index is 11.7. The second-order valence-electron chi connectivity index (χ2n) is 3.78. The molecule has 1 aromatic heterocycles. The number of fused-ring (bicyclic) bond motifs is 1. The Kier molecular flexibility index (Phi) is 2.07. The maximum atomic E-state index is 11.7. The highest BCUT2D eigenvalue weighted by Crippen LogP contribution is 2.39. The first-order chi connectivity index (χ1) is 7.77. The van der Waals surface area contributed by atoms with Crippen molar-refractivity contribution in [2.75, 3.05) is 0 Å². The van der Waals surface area contributed by atoms with E-state index >= 15 is 0 Å². The number of thiophene rings is 1. The molecule has 0 aliphatic carbocycles. The summed E-state index contributed by atoms with van der Waals surface area (Å²) in [7, 11) is 0. The Hall–Kier alpha value is -1.61. The monoisotopic (exact) mass is 230 g/mol. The molecule has 0 saturated carbocycles. The number of carbonyl (C=O) groups excluding carboxylic acids is 1. The summed E-state index contributed by atoms with van der Waals surface area (Å²) in [5.74, 6) is -0.182. The summed E-state index contributed by atoms with van der Waals surface area (Å²) < 4.78 is 5.07. The van der Waals surface area contributed by atoms with Gasteiger partial charge in [0.25, 0.3) is 0 Å². The summed E-state index contributed by atoms with van der Waals surface area (Å²) in [5, 5.41) is 0. The van der Waals surface area contributed by atoms with Gasteiger partial charge in [-0.3, -0.25) is 0 Å². The molecule has 2 nitrogen and oxygen atoms in total. The lowest BCUT2D eigenvalue weighted by Gasteiger charge is -1.98. The Morgan fingerprint density at radius 2 is 2.00 bits per heavy atom. The largest absolute Gasteiger partial charge is 0.457 e. The molecule has 0 amide bonds. The fourth-order valence-corrected chi connectivity index (χ4v) is 3.12. The van der Waals surface area contributed by atoms with Crippen molar-refractivity contribution in [2.24, 2.45) is 0 Å². The number of esters is 1. The lowest BCUT2D eigenvalue weighted by atomic mass is 10.1. The van der Waals surface area contributed by atoms with E-state index in [-0.39, 0.29) is 5.97 Å². The molecule has 0 N–H and O–H groups in total. The highest BCUT2D eigenvalue weighted by Gasteiger charge is 2.29. The second-order valence-corrected chi connectivity index (χ2v) is 5.01. The van der Waals surface area contributed by atoms with Crippen LogP contribution in [0, 0.1) is 6.92 Å². The number of cyclic esters (lactones) is 1. The normalized spacial score (nSPS) is 13.7. The van der Waals surface area contributed by atoms with Crippen molar-refractivity contribution in [1.82, 2.24) is 0 Å². The zero-order valence-electron chi connectivity index (χ0n) is 8.82. The van der Waals surface area contributed by atoms with Gasteiger partial charge in [0.15, 0.2) is 0 Å². The van der Waals surface area contributed by atoms with Gasteiger partial charge in [0, 0.05) is 15.3 Å². The quantitative estimate of drug-likeness (QED) is 0.702. The molecule has 80 valence electrons. The molecule has 0 radical (unpaired) electrons. The minimum absolute atomic E-state index is 0.182. The topological polar surface area (TPSA) is 26.3 Å². The van der Waals surface area contributed by atoms with Crippen molar-refractivity contribution in [1.29, 1.82) is 0 Å². The molecule has 2 heterocycles. The number of hydrogen-bond donors (Lipinski definition) is 0. The molecular formula is C13H10O2S. The van der Waals surface area contributed by atoms with Crippen LogP contribution < -0.4 is 0 Å². The van der Waals surface area contributed by atoms with Gasteiger partial charge in [0.2, 0.25) is 0 Å². The maximum Gasteiger partial charge on any atom is 0.340 e. The zero-order chi connectivity index (χ0) is 11.1. The molecule has 0 spiro atoms. The van der Waals surface area contributed by atoms with Gasteiger partial charge < -0.3 is 4.74 Å². The zero-order valence-corrected chi connectivity index (χ0v) is 9.64. The van der Waals surface area contributed by atoms with E-state index in [1.54, 1.807) is 11.3 Å². The highest BCUT2D eigenvalue weighted by atomic mass is 32.1. The van der Waals surface area contributed by atoms with Crippen LogP contribution in [0.5, 0.6) is 0 Å². The third kappa shape index (κ3) is 1.28. The molecular weight excluding hydrogens is 220 g/mol. The van der Waals surface area contributed by atoms with Gasteiger partial charge in [-0.05, 0) is 12.5 Å². The second kappa shape index (κ2) is 3.46. The molecule has 1 aliphatic rings. The van der Waals surface area contributed by atoms with Crippen molar-refractivity contribution in [3.63, 3.8) is 0 Å². The van der Waals surface area contributed by atoms with Gasteiger partial charge >= 0.3 is 5.97 Å². The lowest BCUT2D eigenvalue weighted by Crippen LogP contribution is -1.94. The number of aryl methyl sites for hydroxylation is 1. The summed E-state index contributed by atoms with van der Waals surface area (Å²) in [6, 6.07) is 9.99. The van der Waals surface area contributed by atoms with Crippen LogP contribution in [-0.4, -0.2) is 5.97 Å². The van der Waals surface area contributed by atoms with Gasteiger partial charge in [-0.25, -0.2) is 4.79 Å². The summed E-state index contributed by atoms with van der Waals surface area (Å²) in [4.78, 5) is 13.9. The molecule has 1 aliphatic heterocycles. The van der Waals surface area contributed by atoms with Gasteiger partial charge in [0.05, 0.1) is 5.56 Å². The van der Waals surface area contributed by atoms with E-state index in [1.807, 2.05) is 37.3 Å². The van der Waals surface area contributed by atoms with Gasteiger partial charge in [-0.1, -0.05) is 30.3 Å². The molecule has 0 bridgehead atoms. The van der Waals surface area contributed by atoms with E-state index in [2.05, 4.69) is 0 Å². The molecule has 3 heteroatoms. The van der Waals surface area contributed by atoms with Crippen molar-refractivity contribution < 1.29 is 9.53 Å². The van der Waals surface area contributed by atoms with Crippen molar-refractivity contribution in [2.45, 2.75) is 13.5 Å². The Labute approximate surface area is 97.5 Å². The van der Waals surface area contributed by atoms with Crippen LogP contribution in [0.25, 0.3) is 10.4 Å². The molecule has 0 saturated heterocycles. The fourth-order valence-electron chi connectivity index (χ4n) is 1.97. The standard InChI is InChI=1S/C13H10O2S/c1-8-10-7-15-13(14)11(10)12(16-8)9-5-3-2-4-6-9/h2-6H,7H2,1H3. The Morgan fingerprint density at radius 1 is 1.25 bits per heavy atom. The molecule has 16 heavy (non-hydrogen) atoms. The average molecular weight is 230 g/mol. The molecule has 1 aromatic carbocycles. The summed E-state index contributed by atoms with van der Waals surface area (Å²) in [6.07, 6.45) is 0. The third-order valence-electron chi connectivity index (χ3n) is 2.80. The van der Waals surface area contributed by atoms with E-state index in [1.165, 1.54) is 4.88 Å². The first-order valence-electron chi connectivity index (χ1n) is 5.12. The minimum Gasteiger partial charge on any atom is -0.457 e.